The molecule has 1 heterocycles. The smallest absolute Gasteiger partial charge is 0.243 e. The molecule has 4 rings (SSSR count). The van der Waals surface area contributed by atoms with E-state index in [0.717, 1.165) is 51.3 Å². The van der Waals surface area contributed by atoms with Crippen LogP contribution in [0.1, 0.15) is 29.5 Å². The van der Waals surface area contributed by atoms with Gasteiger partial charge in [-0.3, -0.25) is 4.79 Å². The number of guanidine groups is 1. The van der Waals surface area contributed by atoms with E-state index in [1.807, 2.05) is 18.2 Å². The summed E-state index contributed by atoms with van der Waals surface area (Å²) in [6, 6.07) is 19.3. The minimum Gasteiger partial charge on any atom is -0.376 e. The van der Waals surface area contributed by atoms with Crippen LogP contribution in [0.15, 0.2) is 59.6 Å². The third kappa shape index (κ3) is 6.57. The summed E-state index contributed by atoms with van der Waals surface area (Å²) in [6.07, 6.45) is 4.22. The van der Waals surface area contributed by atoms with Gasteiger partial charge < -0.3 is 19.9 Å². The molecule has 0 bridgehead atoms. The van der Waals surface area contributed by atoms with Crippen LogP contribution >= 0.6 is 0 Å². The molecular formula is C27H36N4O2. The first kappa shape index (κ1) is 23.3. The molecule has 1 fully saturated rings. The maximum atomic E-state index is 12.2. The summed E-state index contributed by atoms with van der Waals surface area (Å²) in [5, 5.41) is 3.70. The average molecular weight is 449 g/mol. The molecule has 6 heteroatoms. The lowest BCUT2D eigenvalue weighted by Crippen LogP contribution is -2.47. The molecule has 33 heavy (non-hydrogen) atoms. The molecule has 1 aliphatic heterocycles. The number of carbonyl (C=O) groups is 1. The molecule has 1 N–H and O–H groups in total. The van der Waals surface area contributed by atoms with Crippen molar-refractivity contribution in [3.63, 3.8) is 0 Å². The number of aryl methyl sites for hydroxylation is 1. The maximum absolute atomic E-state index is 12.2. The number of hydrogen-bond acceptors (Lipinski definition) is 3. The van der Waals surface area contributed by atoms with Crippen molar-refractivity contribution < 1.29 is 9.53 Å². The Hall–Kier alpha value is -2.86. The van der Waals surface area contributed by atoms with E-state index >= 15 is 0 Å². The largest absolute Gasteiger partial charge is 0.376 e. The Morgan fingerprint density at radius 2 is 1.85 bits per heavy atom. The van der Waals surface area contributed by atoms with Gasteiger partial charge in [0.2, 0.25) is 5.91 Å². The molecule has 1 aliphatic carbocycles. The second kappa shape index (κ2) is 11.3. The van der Waals surface area contributed by atoms with Crippen LogP contribution in [-0.4, -0.2) is 68.0 Å². The number of likely N-dealkylation sites (N-methyl/N-ethyl adjacent to an activating group) is 1. The molecular weight excluding hydrogens is 412 g/mol. The van der Waals surface area contributed by atoms with Crippen molar-refractivity contribution in [1.82, 2.24) is 15.1 Å². The van der Waals surface area contributed by atoms with E-state index in [2.05, 4.69) is 46.6 Å². The van der Waals surface area contributed by atoms with Crippen molar-refractivity contribution in [1.29, 1.82) is 0 Å². The molecule has 0 spiro atoms. The number of fused-ring (bicyclic) bond motifs is 1. The highest BCUT2D eigenvalue weighted by Gasteiger charge is 2.28. The van der Waals surface area contributed by atoms with E-state index in [4.69, 9.17) is 9.73 Å². The van der Waals surface area contributed by atoms with Crippen molar-refractivity contribution in [2.24, 2.45) is 10.9 Å². The van der Waals surface area contributed by atoms with Gasteiger partial charge in [0.15, 0.2) is 5.96 Å². The fraction of sp³-hybridized carbons (Fsp3) is 0.481. The van der Waals surface area contributed by atoms with Crippen LogP contribution in [0.4, 0.5) is 0 Å². The van der Waals surface area contributed by atoms with Gasteiger partial charge in [0.1, 0.15) is 6.54 Å². The fourth-order valence-electron chi connectivity index (χ4n) is 4.60. The third-order valence-corrected chi connectivity index (χ3v) is 6.59. The van der Waals surface area contributed by atoms with E-state index in [0.29, 0.717) is 18.6 Å². The molecule has 0 saturated carbocycles. The summed E-state index contributed by atoms with van der Waals surface area (Å²) in [4.78, 5) is 20.9. The van der Waals surface area contributed by atoms with Gasteiger partial charge in [-0.1, -0.05) is 54.6 Å². The Balaban J connectivity index is 1.35. The summed E-state index contributed by atoms with van der Waals surface area (Å²) in [6.45, 7) is 3.40. The standard InChI is InChI=1S/C27H36N4O2/c1-30(2)26(32)17-28-27(29-25-13-12-23-10-6-7-11-24(23)16-25)31-15-14-22(18-31)20-33-19-21-8-4-3-5-9-21/h3-11,22,25H,12-20H2,1-2H3,(H,28,29). The molecule has 1 amide bonds. The zero-order valence-corrected chi connectivity index (χ0v) is 19.9. The lowest BCUT2D eigenvalue weighted by Gasteiger charge is -2.30. The minimum absolute atomic E-state index is 0.0187. The minimum atomic E-state index is 0.0187. The molecule has 0 aromatic heterocycles. The van der Waals surface area contributed by atoms with Crippen LogP contribution in [0.3, 0.4) is 0 Å². The lowest BCUT2D eigenvalue weighted by atomic mass is 9.88. The quantitative estimate of drug-likeness (QED) is 0.522. The van der Waals surface area contributed by atoms with Crippen LogP contribution in [-0.2, 0) is 29.0 Å². The van der Waals surface area contributed by atoms with Crippen LogP contribution in [0.5, 0.6) is 0 Å². The zero-order valence-electron chi connectivity index (χ0n) is 19.9. The highest BCUT2D eigenvalue weighted by Crippen LogP contribution is 2.22. The van der Waals surface area contributed by atoms with Gasteiger partial charge in [0, 0.05) is 39.1 Å². The van der Waals surface area contributed by atoms with Crippen molar-refractivity contribution in [3.8, 4) is 0 Å². The van der Waals surface area contributed by atoms with Gasteiger partial charge in [0.25, 0.3) is 0 Å². The number of rotatable bonds is 7. The van der Waals surface area contributed by atoms with Crippen LogP contribution in [0.2, 0.25) is 0 Å². The molecule has 2 atom stereocenters. The molecule has 2 aromatic rings. The van der Waals surface area contributed by atoms with E-state index in [9.17, 15) is 4.79 Å². The van der Waals surface area contributed by atoms with Gasteiger partial charge in [0.05, 0.1) is 13.2 Å². The van der Waals surface area contributed by atoms with E-state index in [-0.39, 0.29) is 12.5 Å². The normalized spacial score (nSPS) is 20.4. The number of benzene rings is 2. The number of ether oxygens (including phenoxy) is 1. The zero-order chi connectivity index (χ0) is 23.0. The number of nitrogens with zero attached hydrogens (tertiary/aromatic N) is 3. The number of aliphatic imine (C=N–C) groups is 1. The first-order valence-electron chi connectivity index (χ1n) is 12.0. The van der Waals surface area contributed by atoms with Crippen LogP contribution in [0.25, 0.3) is 0 Å². The average Bonchev–Trinajstić information content (AvgIpc) is 3.31. The Morgan fingerprint density at radius 1 is 1.09 bits per heavy atom. The summed E-state index contributed by atoms with van der Waals surface area (Å²) < 4.78 is 6.00. The fourth-order valence-corrected chi connectivity index (χ4v) is 4.60. The number of hydrogen-bond donors (Lipinski definition) is 1. The van der Waals surface area contributed by atoms with Gasteiger partial charge >= 0.3 is 0 Å². The Morgan fingerprint density at radius 3 is 2.64 bits per heavy atom. The van der Waals surface area contributed by atoms with Crippen molar-refractivity contribution in [2.75, 3.05) is 40.3 Å². The second-order valence-corrected chi connectivity index (χ2v) is 9.38. The number of likely N-dealkylation sites (tertiary alicyclic amines) is 1. The number of amides is 1. The molecule has 2 unspecified atom stereocenters. The number of nitrogens with one attached hydrogen (secondary N) is 1. The van der Waals surface area contributed by atoms with Crippen molar-refractivity contribution in [3.05, 3.63) is 71.3 Å². The SMILES string of the molecule is CN(C)C(=O)CN=C(NC1CCc2ccccc2C1)N1CCC(COCc2ccccc2)C1. The van der Waals surface area contributed by atoms with Gasteiger partial charge in [-0.15, -0.1) is 0 Å². The predicted molar refractivity (Wildman–Crippen MR) is 132 cm³/mol. The van der Waals surface area contributed by atoms with Crippen LogP contribution in [0, 0.1) is 5.92 Å². The highest BCUT2D eigenvalue weighted by molar-refractivity contribution is 5.85. The summed E-state index contributed by atoms with van der Waals surface area (Å²) in [5.74, 6) is 1.35. The molecule has 176 valence electrons. The Bertz CT molecular complexity index is 944. The molecule has 2 aromatic carbocycles. The van der Waals surface area contributed by atoms with E-state index < -0.39 is 0 Å². The Kier molecular flexibility index (Phi) is 8.00. The van der Waals surface area contributed by atoms with Crippen LogP contribution < -0.4 is 5.32 Å². The van der Waals surface area contributed by atoms with Gasteiger partial charge in [-0.05, 0) is 42.4 Å². The first-order chi connectivity index (χ1) is 16.1. The van der Waals surface area contributed by atoms with E-state index in [1.54, 1.807) is 19.0 Å². The van der Waals surface area contributed by atoms with Crippen molar-refractivity contribution >= 4 is 11.9 Å². The third-order valence-electron chi connectivity index (χ3n) is 6.59. The van der Waals surface area contributed by atoms with Crippen molar-refractivity contribution in [2.45, 2.75) is 38.3 Å². The molecule has 1 saturated heterocycles. The van der Waals surface area contributed by atoms with Gasteiger partial charge in [-0.2, -0.15) is 0 Å². The first-order valence-corrected chi connectivity index (χ1v) is 12.0. The monoisotopic (exact) mass is 448 g/mol. The topological polar surface area (TPSA) is 57.2 Å². The molecule has 6 nitrogen and oxygen atoms in total. The second-order valence-electron chi connectivity index (χ2n) is 9.38. The highest BCUT2D eigenvalue weighted by atomic mass is 16.5. The summed E-state index contributed by atoms with van der Waals surface area (Å²) in [5.41, 5.74) is 4.07. The van der Waals surface area contributed by atoms with E-state index in [1.165, 1.54) is 16.7 Å². The number of carbonyl (C=O) groups excluding carboxylic acids is 1. The summed E-state index contributed by atoms with van der Waals surface area (Å²) >= 11 is 0. The maximum Gasteiger partial charge on any atom is 0.243 e. The summed E-state index contributed by atoms with van der Waals surface area (Å²) in [7, 11) is 3.55. The lowest BCUT2D eigenvalue weighted by molar-refractivity contribution is -0.127. The van der Waals surface area contributed by atoms with Gasteiger partial charge in [-0.25, -0.2) is 4.99 Å². The molecule has 0 radical (unpaired) electrons. The predicted octanol–water partition coefficient (Wildman–Crippen LogP) is 3.12. The Labute approximate surface area is 197 Å². The molecule has 2 aliphatic rings.